The van der Waals surface area contributed by atoms with Gasteiger partial charge in [0.05, 0.1) is 18.2 Å². The monoisotopic (exact) mass is 468 g/mol. The van der Waals surface area contributed by atoms with E-state index >= 15 is 0 Å². The van der Waals surface area contributed by atoms with E-state index in [1.807, 2.05) is 84.9 Å². The number of esters is 1. The zero-order chi connectivity index (χ0) is 24.6. The number of rotatable bonds is 9. The summed E-state index contributed by atoms with van der Waals surface area (Å²) in [7, 11) is 1.21. The third-order valence-corrected chi connectivity index (χ3v) is 5.40. The first-order valence-corrected chi connectivity index (χ1v) is 11.0. The van der Waals surface area contributed by atoms with Gasteiger partial charge in [-0.3, -0.25) is 0 Å². The van der Waals surface area contributed by atoms with E-state index in [0.717, 1.165) is 16.9 Å². The molecule has 1 unspecified atom stereocenters. The summed E-state index contributed by atoms with van der Waals surface area (Å²) in [5, 5.41) is 9.60. The topological polar surface area (TPSA) is 82.1 Å². The van der Waals surface area contributed by atoms with Crippen molar-refractivity contribution in [2.45, 2.75) is 12.5 Å². The summed E-state index contributed by atoms with van der Waals surface area (Å²) >= 11 is 0. The Balaban J connectivity index is 1.62. The van der Waals surface area contributed by atoms with E-state index in [1.165, 1.54) is 19.2 Å². The van der Waals surface area contributed by atoms with Gasteiger partial charge < -0.3 is 19.3 Å². The van der Waals surface area contributed by atoms with Crippen LogP contribution in [0.2, 0.25) is 0 Å². The number of methoxy groups -OCH3 is 1. The molecular formula is C29H24O6. The number of carbonyl (C=O) groups excluding carboxylic acids is 1. The predicted molar refractivity (Wildman–Crippen MR) is 131 cm³/mol. The lowest BCUT2D eigenvalue weighted by Crippen LogP contribution is -2.13. The normalized spacial score (nSPS) is 11.3. The molecule has 0 aliphatic carbocycles. The van der Waals surface area contributed by atoms with Crippen molar-refractivity contribution in [2.24, 2.45) is 0 Å². The molecule has 1 N–H and O–H groups in total. The lowest BCUT2D eigenvalue weighted by Gasteiger charge is -2.21. The zero-order valence-corrected chi connectivity index (χ0v) is 19.1. The Hall–Kier alpha value is -4.58. The second-order valence-corrected chi connectivity index (χ2v) is 7.78. The molecule has 1 atom stereocenters. The molecule has 0 radical (unpaired) electrons. The Morgan fingerprint density at radius 3 is 1.97 bits per heavy atom. The number of hydrogen-bond donors (Lipinski definition) is 1. The van der Waals surface area contributed by atoms with Crippen molar-refractivity contribution in [3.63, 3.8) is 0 Å². The fourth-order valence-electron chi connectivity index (χ4n) is 3.66. The largest absolute Gasteiger partial charge is 0.485 e. The molecule has 176 valence electrons. The number of benzene rings is 4. The van der Waals surface area contributed by atoms with E-state index in [9.17, 15) is 14.7 Å². The van der Waals surface area contributed by atoms with Crippen LogP contribution in [0.3, 0.4) is 0 Å². The van der Waals surface area contributed by atoms with E-state index in [-0.39, 0.29) is 11.1 Å². The van der Waals surface area contributed by atoms with Crippen molar-refractivity contribution in [3.05, 3.63) is 125 Å². The summed E-state index contributed by atoms with van der Waals surface area (Å²) in [6.07, 6.45) is 0.148. The molecule has 6 nitrogen and oxygen atoms in total. The molecule has 0 fully saturated rings. The van der Waals surface area contributed by atoms with Gasteiger partial charge in [0.2, 0.25) is 0 Å². The molecule has 0 aromatic heterocycles. The number of para-hydroxylation sites is 1. The Bertz CT molecular complexity index is 1280. The number of hydrogen-bond acceptors (Lipinski definition) is 5. The van der Waals surface area contributed by atoms with E-state index in [4.69, 9.17) is 14.2 Å². The minimum atomic E-state index is -1.24. The summed E-state index contributed by atoms with van der Waals surface area (Å²) in [5.41, 5.74) is 1.74. The minimum absolute atomic E-state index is 0.0330. The van der Waals surface area contributed by atoms with E-state index in [2.05, 4.69) is 0 Å². The van der Waals surface area contributed by atoms with Crippen molar-refractivity contribution < 1.29 is 28.9 Å². The predicted octanol–water partition coefficient (Wildman–Crippen LogP) is 6.33. The van der Waals surface area contributed by atoms with E-state index < -0.39 is 18.0 Å². The first-order chi connectivity index (χ1) is 17.0. The summed E-state index contributed by atoms with van der Waals surface area (Å²) in [6, 6.07) is 31.3. The van der Waals surface area contributed by atoms with Crippen molar-refractivity contribution >= 4 is 11.9 Å². The molecule has 35 heavy (non-hydrogen) atoms. The Kier molecular flexibility index (Phi) is 7.43. The first-order valence-electron chi connectivity index (χ1n) is 11.0. The van der Waals surface area contributed by atoms with Crippen LogP contribution in [0.1, 0.15) is 37.9 Å². The third kappa shape index (κ3) is 6.06. The quantitative estimate of drug-likeness (QED) is 0.289. The van der Waals surface area contributed by atoms with Crippen LogP contribution in [0.15, 0.2) is 103 Å². The van der Waals surface area contributed by atoms with Crippen LogP contribution in [0.4, 0.5) is 0 Å². The van der Waals surface area contributed by atoms with Gasteiger partial charge in [-0.2, -0.15) is 0 Å². The molecule has 0 saturated heterocycles. The summed E-state index contributed by atoms with van der Waals surface area (Å²) < 4.78 is 16.8. The molecule has 4 aromatic carbocycles. The van der Waals surface area contributed by atoms with Gasteiger partial charge in [0.1, 0.15) is 23.4 Å². The van der Waals surface area contributed by atoms with E-state index in [0.29, 0.717) is 17.9 Å². The second kappa shape index (κ2) is 11.0. The van der Waals surface area contributed by atoms with Crippen molar-refractivity contribution in [3.8, 4) is 17.2 Å². The molecule has 6 heteroatoms. The molecule has 0 spiro atoms. The van der Waals surface area contributed by atoms with Crippen LogP contribution in [0.5, 0.6) is 17.2 Å². The molecule has 0 aliphatic rings. The lowest BCUT2D eigenvalue weighted by molar-refractivity contribution is 0.0582. The highest BCUT2D eigenvalue weighted by molar-refractivity contribution is 6.02. The number of aromatic carboxylic acids is 1. The van der Waals surface area contributed by atoms with E-state index in [1.54, 1.807) is 6.07 Å². The lowest BCUT2D eigenvalue weighted by atomic mass is 10.0. The van der Waals surface area contributed by atoms with Gasteiger partial charge in [0.15, 0.2) is 0 Å². The van der Waals surface area contributed by atoms with Crippen molar-refractivity contribution in [1.29, 1.82) is 0 Å². The molecule has 4 aromatic rings. The fraction of sp³-hybridized carbons (Fsp3) is 0.103. The molecular weight excluding hydrogens is 444 g/mol. The highest BCUT2D eigenvalue weighted by Crippen LogP contribution is 2.30. The van der Waals surface area contributed by atoms with Gasteiger partial charge in [0, 0.05) is 6.42 Å². The van der Waals surface area contributed by atoms with Crippen LogP contribution >= 0.6 is 0 Å². The SMILES string of the molecule is COC(=O)c1ccc(OC(Cc2ccccc2)c2ccc(Oc3ccccc3)cc2)cc1C(=O)O. The summed E-state index contributed by atoms with van der Waals surface area (Å²) in [5.74, 6) is -0.194. The third-order valence-electron chi connectivity index (χ3n) is 5.40. The van der Waals surface area contributed by atoms with Crippen LogP contribution in [-0.4, -0.2) is 24.2 Å². The average molecular weight is 469 g/mol. The highest BCUT2D eigenvalue weighted by atomic mass is 16.5. The van der Waals surface area contributed by atoms with Gasteiger partial charge in [0.25, 0.3) is 0 Å². The van der Waals surface area contributed by atoms with Crippen LogP contribution in [0, 0.1) is 0 Å². The number of ether oxygens (including phenoxy) is 3. The zero-order valence-electron chi connectivity index (χ0n) is 19.1. The Labute approximate surface area is 203 Å². The molecule has 0 saturated carbocycles. The first kappa shape index (κ1) is 23.6. The molecule has 0 amide bonds. The number of carboxylic acid groups (broad SMARTS) is 1. The average Bonchev–Trinajstić information content (AvgIpc) is 2.89. The van der Waals surface area contributed by atoms with Gasteiger partial charge in [-0.15, -0.1) is 0 Å². The van der Waals surface area contributed by atoms with Crippen LogP contribution in [0.25, 0.3) is 0 Å². The molecule has 0 bridgehead atoms. The Morgan fingerprint density at radius 2 is 1.34 bits per heavy atom. The summed E-state index contributed by atoms with van der Waals surface area (Å²) in [4.78, 5) is 23.7. The van der Waals surface area contributed by atoms with Gasteiger partial charge in [-0.25, -0.2) is 9.59 Å². The molecule has 0 heterocycles. The van der Waals surface area contributed by atoms with Gasteiger partial charge in [-0.1, -0.05) is 60.7 Å². The highest BCUT2D eigenvalue weighted by Gasteiger charge is 2.20. The second-order valence-electron chi connectivity index (χ2n) is 7.78. The molecule has 0 aliphatic heterocycles. The maximum atomic E-state index is 12.0. The smallest absolute Gasteiger partial charge is 0.338 e. The maximum absolute atomic E-state index is 12.0. The van der Waals surface area contributed by atoms with Crippen molar-refractivity contribution in [1.82, 2.24) is 0 Å². The minimum Gasteiger partial charge on any atom is -0.485 e. The molecule has 4 rings (SSSR count). The number of carboxylic acids is 1. The fourth-order valence-corrected chi connectivity index (χ4v) is 3.66. The summed E-state index contributed by atoms with van der Waals surface area (Å²) in [6.45, 7) is 0. The maximum Gasteiger partial charge on any atom is 0.338 e. The number of carbonyl (C=O) groups is 2. The van der Waals surface area contributed by atoms with Gasteiger partial charge in [-0.05, 0) is 53.6 Å². The van der Waals surface area contributed by atoms with Crippen molar-refractivity contribution in [2.75, 3.05) is 7.11 Å². The van der Waals surface area contributed by atoms with Crippen LogP contribution < -0.4 is 9.47 Å². The Morgan fingerprint density at radius 1 is 0.743 bits per heavy atom. The van der Waals surface area contributed by atoms with Crippen LogP contribution in [-0.2, 0) is 11.2 Å². The van der Waals surface area contributed by atoms with Gasteiger partial charge >= 0.3 is 11.9 Å². The standard InChI is InChI=1S/C29H24O6/c1-33-29(32)25-17-16-24(19-26(25)28(30)31)35-27(18-20-8-4-2-5-9-20)21-12-14-23(15-13-21)34-22-10-6-3-7-11-22/h2-17,19,27H,18H2,1H3,(H,30,31).